The van der Waals surface area contributed by atoms with Crippen molar-refractivity contribution in [2.45, 2.75) is 63.6 Å². The highest BCUT2D eigenvalue weighted by Gasteiger charge is 2.86. The molecule has 2 saturated heterocycles. The van der Waals surface area contributed by atoms with Gasteiger partial charge in [-0.1, -0.05) is 20.4 Å². The highest BCUT2D eigenvalue weighted by atomic mass is 16.6. The fraction of sp³-hybridized carbons (Fsp3) is 0.850. The van der Waals surface area contributed by atoms with E-state index in [9.17, 15) is 25.2 Å². The standard InChI is InChI=1S/C20H28O6/c1-9-10-4-5-11-18-8-26-20(25,19(11,14(9)22)15(10)23)16(24)13(18)17(2,3)7-6-12(18)21/h10-13,15-16,21,23-25H,1,4-8H2,2-3H3/t10-,11+,12-,13-,15?,16-,18-,19+,20?/m0/s1. The van der Waals surface area contributed by atoms with Crippen LogP contribution in [-0.4, -0.2) is 56.9 Å². The van der Waals surface area contributed by atoms with Crippen LogP contribution in [-0.2, 0) is 9.53 Å². The van der Waals surface area contributed by atoms with Crippen molar-refractivity contribution >= 4 is 5.78 Å². The van der Waals surface area contributed by atoms with Crippen molar-refractivity contribution in [2.24, 2.45) is 34.0 Å². The minimum absolute atomic E-state index is 0.0966. The van der Waals surface area contributed by atoms with Crippen LogP contribution in [0.25, 0.3) is 0 Å². The second-order valence-electron chi connectivity index (χ2n) is 9.97. The molecule has 0 radical (unpaired) electrons. The second kappa shape index (κ2) is 4.61. The maximum Gasteiger partial charge on any atom is 0.208 e. The number of aliphatic hydroxyl groups is 4. The molecule has 4 saturated carbocycles. The van der Waals surface area contributed by atoms with E-state index >= 15 is 0 Å². The van der Waals surface area contributed by atoms with Crippen molar-refractivity contribution in [1.29, 1.82) is 0 Å². The number of Topliss-reactive ketones (excluding diaryl/α,β-unsaturated/α-hetero) is 1. The number of carbonyl (C=O) groups is 1. The first kappa shape index (κ1) is 17.3. The van der Waals surface area contributed by atoms with Crippen molar-refractivity contribution in [3.05, 3.63) is 12.2 Å². The zero-order chi connectivity index (χ0) is 18.9. The van der Waals surface area contributed by atoms with E-state index in [4.69, 9.17) is 4.74 Å². The highest BCUT2D eigenvalue weighted by molar-refractivity contribution is 6.05. The molecule has 6 rings (SSSR count). The first-order chi connectivity index (χ1) is 12.1. The van der Waals surface area contributed by atoms with E-state index in [0.717, 1.165) is 6.42 Å². The Morgan fingerprint density at radius 3 is 2.50 bits per heavy atom. The maximum absolute atomic E-state index is 13.3. The van der Waals surface area contributed by atoms with Gasteiger partial charge in [-0.05, 0) is 42.6 Å². The van der Waals surface area contributed by atoms with Gasteiger partial charge in [-0.2, -0.15) is 0 Å². The Morgan fingerprint density at radius 2 is 1.81 bits per heavy atom. The minimum atomic E-state index is -2.15. The SMILES string of the molecule is C=C1C(=O)[C@@]23C(O)[C@H]1CC[C@@H]2[C@]12COC3(O)[C@@H](O)[C@H]1C(C)(C)CC[C@@H]2O. The summed E-state index contributed by atoms with van der Waals surface area (Å²) in [5.41, 5.74) is -2.49. The number of rotatable bonds is 0. The zero-order valence-electron chi connectivity index (χ0n) is 15.3. The van der Waals surface area contributed by atoms with Gasteiger partial charge >= 0.3 is 0 Å². The predicted molar refractivity (Wildman–Crippen MR) is 90.7 cm³/mol. The minimum Gasteiger partial charge on any atom is -0.392 e. The quantitative estimate of drug-likeness (QED) is 0.463. The monoisotopic (exact) mass is 364 g/mol. The third-order valence-electron chi connectivity index (χ3n) is 8.88. The van der Waals surface area contributed by atoms with Gasteiger partial charge in [0.1, 0.15) is 11.5 Å². The molecule has 26 heavy (non-hydrogen) atoms. The van der Waals surface area contributed by atoms with Crippen molar-refractivity contribution in [3.8, 4) is 0 Å². The van der Waals surface area contributed by atoms with Gasteiger partial charge in [0.2, 0.25) is 5.79 Å². The third kappa shape index (κ3) is 1.41. The Labute approximate surface area is 152 Å². The molecule has 0 amide bonds. The number of fused-ring (bicyclic) bond motifs is 2. The van der Waals surface area contributed by atoms with Crippen molar-refractivity contribution < 1.29 is 30.0 Å². The predicted octanol–water partition coefficient (Wildman–Crippen LogP) is 0.376. The van der Waals surface area contributed by atoms with Crippen molar-refractivity contribution in [1.82, 2.24) is 0 Å². The number of carbonyl (C=O) groups excluding carboxylic acids is 1. The Hall–Kier alpha value is -0.790. The molecule has 2 aliphatic heterocycles. The van der Waals surface area contributed by atoms with Crippen LogP contribution in [0.5, 0.6) is 0 Å². The first-order valence-corrected chi connectivity index (χ1v) is 9.71. The Bertz CT molecular complexity index is 717. The van der Waals surface area contributed by atoms with E-state index in [2.05, 4.69) is 6.58 Å². The van der Waals surface area contributed by atoms with Crippen LogP contribution >= 0.6 is 0 Å². The molecule has 2 spiro atoms. The molecule has 0 aromatic heterocycles. The molecule has 6 aliphatic rings. The van der Waals surface area contributed by atoms with Crippen LogP contribution in [0.15, 0.2) is 12.2 Å². The Morgan fingerprint density at radius 1 is 1.12 bits per heavy atom. The Kier molecular flexibility index (Phi) is 3.07. The van der Waals surface area contributed by atoms with Gasteiger partial charge in [0.15, 0.2) is 5.78 Å². The largest absolute Gasteiger partial charge is 0.392 e. The molecule has 4 N–H and O–H groups in total. The summed E-state index contributed by atoms with van der Waals surface area (Å²) in [6.07, 6.45) is -0.747. The lowest BCUT2D eigenvalue weighted by atomic mass is 9.35. The smallest absolute Gasteiger partial charge is 0.208 e. The first-order valence-electron chi connectivity index (χ1n) is 9.71. The third-order valence-corrected chi connectivity index (χ3v) is 8.88. The molecule has 6 fully saturated rings. The number of ketones is 1. The molecule has 0 aromatic carbocycles. The van der Waals surface area contributed by atoms with Crippen molar-refractivity contribution in [2.75, 3.05) is 6.61 Å². The summed E-state index contributed by atoms with van der Waals surface area (Å²) in [4.78, 5) is 13.3. The van der Waals surface area contributed by atoms with Gasteiger partial charge in [-0.25, -0.2) is 0 Å². The summed E-state index contributed by atoms with van der Waals surface area (Å²) in [6, 6.07) is 0. The molecule has 4 aliphatic carbocycles. The molecule has 2 unspecified atom stereocenters. The lowest BCUT2D eigenvalue weighted by Crippen LogP contribution is -2.85. The highest BCUT2D eigenvalue weighted by Crippen LogP contribution is 2.76. The molecule has 6 heteroatoms. The van der Waals surface area contributed by atoms with Gasteiger partial charge < -0.3 is 25.2 Å². The summed E-state index contributed by atoms with van der Waals surface area (Å²) in [7, 11) is 0. The Balaban J connectivity index is 1.81. The van der Waals surface area contributed by atoms with E-state index in [1.54, 1.807) is 0 Å². The summed E-state index contributed by atoms with van der Waals surface area (Å²) < 4.78 is 5.80. The average molecular weight is 364 g/mol. The molecule has 144 valence electrons. The summed E-state index contributed by atoms with van der Waals surface area (Å²) in [6.45, 7) is 8.07. The summed E-state index contributed by atoms with van der Waals surface area (Å²) in [5.74, 6) is -3.80. The summed E-state index contributed by atoms with van der Waals surface area (Å²) >= 11 is 0. The molecule has 6 nitrogen and oxygen atoms in total. The zero-order valence-corrected chi connectivity index (χ0v) is 15.3. The van der Waals surface area contributed by atoms with E-state index in [1.165, 1.54) is 0 Å². The second-order valence-corrected chi connectivity index (χ2v) is 9.97. The lowest BCUT2D eigenvalue weighted by Gasteiger charge is -2.74. The summed E-state index contributed by atoms with van der Waals surface area (Å²) in [5, 5.41) is 45.1. The maximum atomic E-state index is 13.3. The van der Waals surface area contributed by atoms with Gasteiger partial charge in [-0.15, -0.1) is 0 Å². The van der Waals surface area contributed by atoms with Crippen LogP contribution in [0.4, 0.5) is 0 Å². The average Bonchev–Trinajstić information content (AvgIpc) is 2.69. The van der Waals surface area contributed by atoms with E-state index in [-0.39, 0.29) is 12.0 Å². The van der Waals surface area contributed by atoms with Gasteiger partial charge in [0, 0.05) is 17.3 Å². The molecule has 4 bridgehead atoms. The number of ether oxygens (including phenoxy) is 1. The van der Waals surface area contributed by atoms with Gasteiger partial charge in [0.25, 0.3) is 0 Å². The molecular formula is C20H28O6. The fourth-order valence-electron chi connectivity index (χ4n) is 7.90. The van der Waals surface area contributed by atoms with Crippen LogP contribution in [0.2, 0.25) is 0 Å². The topological polar surface area (TPSA) is 107 Å². The molecular weight excluding hydrogens is 336 g/mol. The lowest BCUT2D eigenvalue weighted by molar-refractivity contribution is -0.458. The number of hydrogen-bond acceptors (Lipinski definition) is 6. The van der Waals surface area contributed by atoms with Gasteiger partial charge in [0.05, 0.1) is 18.8 Å². The van der Waals surface area contributed by atoms with E-state index in [0.29, 0.717) is 24.8 Å². The molecule has 2 heterocycles. The van der Waals surface area contributed by atoms with Crippen molar-refractivity contribution in [3.63, 3.8) is 0 Å². The van der Waals surface area contributed by atoms with Crippen LogP contribution < -0.4 is 0 Å². The molecule has 9 atom stereocenters. The number of aliphatic hydroxyl groups excluding tert-OH is 3. The van der Waals surface area contributed by atoms with Gasteiger partial charge in [-0.3, -0.25) is 4.79 Å². The van der Waals surface area contributed by atoms with Crippen LogP contribution in [0.3, 0.4) is 0 Å². The fourth-order valence-corrected chi connectivity index (χ4v) is 7.90. The van der Waals surface area contributed by atoms with E-state index in [1.807, 2.05) is 13.8 Å². The number of hydrogen-bond donors (Lipinski definition) is 4. The van der Waals surface area contributed by atoms with Crippen LogP contribution in [0.1, 0.15) is 39.5 Å². The normalized spacial score (nSPS) is 59.9. The molecule has 0 aromatic rings. The van der Waals surface area contributed by atoms with Crippen LogP contribution in [0, 0.1) is 34.0 Å². The van der Waals surface area contributed by atoms with E-state index < -0.39 is 58.5 Å².